The number of benzene rings is 2. The molecule has 2 aromatic carbocycles. The van der Waals surface area contributed by atoms with Crippen LogP contribution in [0.5, 0.6) is 5.75 Å². The molecule has 0 atom stereocenters. The van der Waals surface area contributed by atoms with Gasteiger partial charge in [0.25, 0.3) is 10.1 Å². The molecule has 30 heavy (non-hydrogen) atoms. The number of nitrogens with zero attached hydrogens (tertiary/aromatic N) is 1. The van der Waals surface area contributed by atoms with Crippen LogP contribution in [0.15, 0.2) is 65.3 Å². The number of ether oxygens (including phenoxy) is 1. The van der Waals surface area contributed by atoms with E-state index in [0.29, 0.717) is 18.9 Å². The molecule has 0 amide bonds. The second-order valence-corrected chi connectivity index (χ2v) is 8.48. The van der Waals surface area contributed by atoms with Gasteiger partial charge >= 0.3 is 0 Å². The second kappa shape index (κ2) is 10.8. The lowest BCUT2D eigenvalue weighted by Gasteiger charge is -2.06. The third kappa shape index (κ3) is 7.85. The van der Waals surface area contributed by atoms with Crippen molar-refractivity contribution in [1.82, 2.24) is 4.98 Å². The van der Waals surface area contributed by atoms with Gasteiger partial charge < -0.3 is 9.15 Å². The maximum Gasteiger partial charge on any atom is 0.264 e. The van der Waals surface area contributed by atoms with Gasteiger partial charge in [-0.25, -0.2) is 4.98 Å². The molecule has 0 fully saturated rings. The fourth-order valence-corrected chi connectivity index (χ4v) is 3.17. The van der Waals surface area contributed by atoms with Gasteiger partial charge in [-0.3, -0.25) is 4.18 Å². The first-order chi connectivity index (χ1) is 14.5. The van der Waals surface area contributed by atoms with E-state index in [1.54, 1.807) is 6.26 Å². The fourth-order valence-electron chi connectivity index (χ4n) is 2.75. The molecule has 0 saturated carbocycles. The van der Waals surface area contributed by atoms with E-state index in [0.717, 1.165) is 41.7 Å². The minimum atomic E-state index is -3.35. The van der Waals surface area contributed by atoms with Gasteiger partial charge in [0.1, 0.15) is 24.3 Å². The van der Waals surface area contributed by atoms with Crippen LogP contribution < -0.4 is 4.74 Å². The van der Waals surface area contributed by atoms with Gasteiger partial charge in [0.05, 0.1) is 12.9 Å². The molecule has 1 heterocycles. The van der Waals surface area contributed by atoms with E-state index in [4.69, 9.17) is 13.3 Å². The van der Waals surface area contributed by atoms with E-state index < -0.39 is 10.1 Å². The van der Waals surface area contributed by atoms with Crippen LogP contribution in [0, 0.1) is 0 Å². The molecule has 0 aliphatic rings. The predicted molar refractivity (Wildman–Crippen MR) is 116 cm³/mol. The Kier molecular flexibility index (Phi) is 7.82. The summed E-state index contributed by atoms with van der Waals surface area (Å²) in [5.41, 5.74) is 2.96. The topological polar surface area (TPSA) is 78.6 Å². The third-order valence-electron chi connectivity index (χ3n) is 4.25. The van der Waals surface area contributed by atoms with Crippen LogP contribution in [-0.2, 0) is 27.3 Å². The number of unbranched alkanes of at least 4 members (excludes halogenated alkanes) is 1. The summed E-state index contributed by atoms with van der Waals surface area (Å²) < 4.78 is 37.8. The number of rotatable bonds is 11. The standard InChI is InChI=1S/C23H25NO5S/c1-30(25,26)29-16-6-5-9-20-10-13-22(14-11-20)27-17-21-18-28-23(24-21)15-12-19-7-3-2-4-8-19/h2-4,7-8,10-15,18H,5-6,9,16-17H2,1H3. The van der Waals surface area contributed by atoms with Crippen molar-refractivity contribution < 1.29 is 21.8 Å². The molecule has 0 N–H and O–H groups in total. The summed E-state index contributed by atoms with van der Waals surface area (Å²) in [5, 5.41) is 0. The molecule has 0 aliphatic heterocycles. The summed E-state index contributed by atoms with van der Waals surface area (Å²) in [4.78, 5) is 4.40. The molecule has 7 heteroatoms. The molecule has 6 nitrogen and oxygen atoms in total. The van der Waals surface area contributed by atoms with Crippen molar-refractivity contribution in [1.29, 1.82) is 0 Å². The monoisotopic (exact) mass is 427 g/mol. The lowest BCUT2D eigenvalue weighted by atomic mass is 10.1. The molecular weight excluding hydrogens is 402 g/mol. The Morgan fingerprint density at radius 2 is 1.77 bits per heavy atom. The summed E-state index contributed by atoms with van der Waals surface area (Å²) in [6, 6.07) is 17.8. The zero-order chi connectivity index (χ0) is 21.2. The largest absolute Gasteiger partial charge is 0.487 e. The van der Waals surface area contributed by atoms with E-state index in [9.17, 15) is 8.42 Å². The first-order valence-electron chi connectivity index (χ1n) is 9.72. The Bertz CT molecular complexity index is 1040. The SMILES string of the molecule is CS(=O)(=O)OCCCCc1ccc(OCc2coc(C=Cc3ccccc3)n2)cc1. The van der Waals surface area contributed by atoms with Gasteiger partial charge in [-0.05, 0) is 48.6 Å². The van der Waals surface area contributed by atoms with Gasteiger partial charge in [0.15, 0.2) is 0 Å². The van der Waals surface area contributed by atoms with Crippen LogP contribution in [0.25, 0.3) is 12.2 Å². The van der Waals surface area contributed by atoms with Crippen LogP contribution in [0.4, 0.5) is 0 Å². The van der Waals surface area contributed by atoms with Crippen molar-refractivity contribution in [3.05, 3.63) is 83.6 Å². The van der Waals surface area contributed by atoms with Crippen molar-refractivity contribution >= 4 is 22.3 Å². The van der Waals surface area contributed by atoms with Gasteiger partial charge in [-0.2, -0.15) is 8.42 Å². The summed E-state index contributed by atoms with van der Waals surface area (Å²) in [6.45, 7) is 0.547. The van der Waals surface area contributed by atoms with E-state index >= 15 is 0 Å². The summed E-state index contributed by atoms with van der Waals surface area (Å²) in [6.07, 6.45) is 8.84. The molecule has 3 aromatic rings. The minimum Gasteiger partial charge on any atom is -0.487 e. The van der Waals surface area contributed by atoms with Gasteiger partial charge in [-0.15, -0.1) is 0 Å². The average molecular weight is 428 g/mol. The van der Waals surface area contributed by atoms with Crippen molar-refractivity contribution in [3.8, 4) is 5.75 Å². The maximum absolute atomic E-state index is 10.9. The van der Waals surface area contributed by atoms with E-state index in [1.807, 2.05) is 66.7 Å². The average Bonchev–Trinajstić information content (AvgIpc) is 3.19. The van der Waals surface area contributed by atoms with Gasteiger partial charge in [0.2, 0.25) is 5.89 Å². The van der Waals surface area contributed by atoms with Crippen molar-refractivity contribution in [2.45, 2.75) is 25.9 Å². The lowest BCUT2D eigenvalue weighted by molar-refractivity contribution is 0.300. The Labute approximate surface area is 177 Å². The molecule has 0 radical (unpaired) electrons. The Hall–Kier alpha value is -2.90. The number of hydrogen-bond donors (Lipinski definition) is 0. The molecular formula is C23H25NO5S. The molecule has 0 bridgehead atoms. The van der Waals surface area contributed by atoms with Crippen LogP contribution >= 0.6 is 0 Å². The number of aromatic nitrogens is 1. The summed E-state index contributed by atoms with van der Waals surface area (Å²) >= 11 is 0. The molecule has 0 aliphatic carbocycles. The van der Waals surface area contributed by atoms with Crippen LogP contribution in [0.3, 0.4) is 0 Å². The maximum atomic E-state index is 10.9. The van der Waals surface area contributed by atoms with E-state index in [2.05, 4.69) is 4.98 Å². The highest BCUT2D eigenvalue weighted by molar-refractivity contribution is 7.85. The molecule has 158 valence electrons. The molecule has 1 aromatic heterocycles. The molecule has 0 saturated heterocycles. The minimum absolute atomic E-state index is 0.222. The van der Waals surface area contributed by atoms with E-state index in [-0.39, 0.29) is 6.61 Å². The molecule has 0 unspecified atom stereocenters. The normalized spacial score (nSPS) is 11.8. The summed E-state index contributed by atoms with van der Waals surface area (Å²) in [7, 11) is -3.35. The van der Waals surface area contributed by atoms with Crippen LogP contribution in [-0.4, -0.2) is 26.3 Å². The fraction of sp³-hybridized carbons (Fsp3) is 0.261. The van der Waals surface area contributed by atoms with Crippen molar-refractivity contribution in [2.24, 2.45) is 0 Å². The Morgan fingerprint density at radius 3 is 2.50 bits per heavy atom. The predicted octanol–water partition coefficient (Wildman–Crippen LogP) is 4.72. The smallest absolute Gasteiger partial charge is 0.264 e. The first kappa shape index (κ1) is 21.8. The highest BCUT2D eigenvalue weighted by Crippen LogP contribution is 2.16. The highest BCUT2D eigenvalue weighted by Gasteiger charge is 2.04. The quantitative estimate of drug-likeness (QED) is 0.325. The van der Waals surface area contributed by atoms with Crippen LogP contribution in [0.1, 0.15) is 35.6 Å². The lowest BCUT2D eigenvalue weighted by Crippen LogP contribution is -2.04. The Morgan fingerprint density at radius 1 is 1.00 bits per heavy atom. The van der Waals surface area contributed by atoms with Gasteiger partial charge in [0, 0.05) is 6.08 Å². The first-order valence-corrected chi connectivity index (χ1v) is 11.5. The second-order valence-electron chi connectivity index (χ2n) is 6.84. The third-order valence-corrected chi connectivity index (χ3v) is 4.85. The van der Waals surface area contributed by atoms with Gasteiger partial charge in [-0.1, -0.05) is 42.5 Å². The van der Waals surface area contributed by atoms with E-state index in [1.165, 1.54) is 0 Å². The summed E-state index contributed by atoms with van der Waals surface area (Å²) in [5.74, 6) is 1.29. The number of aryl methyl sites for hydroxylation is 1. The van der Waals surface area contributed by atoms with Crippen molar-refractivity contribution in [2.75, 3.05) is 12.9 Å². The molecule has 3 rings (SSSR count). The zero-order valence-electron chi connectivity index (χ0n) is 16.9. The number of oxazole rings is 1. The zero-order valence-corrected chi connectivity index (χ0v) is 17.7. The van der Waals surface area contributed by atoms with Crippen LogP contribution in [0.2, 0.25) is 0 Å². The highest BCUT2D eigenvalue weighted by atomic mass is 32.2. The number of hydrogen-bond acceptors (Lipinski definition) is 6. The van der Waals surface area contributed by atoms with Crippen molar-refractivity contribution in [3.63, 3.8) is 0 Å². The molecule has 0 spiro atoms. The Balaban J connectivity index is 1.41.